The summed E-state index contributed by atoms with van der Waals surface area (Å²) in [6.07, 6.45) is 1.09. The first-order chi connectivity index (χ1) is 12.7. The SMILES string of the molecule is CC(C)(CCC(O)c1cc(O)cc2c1OCC(=O)N2)Cc1ccc(F)cc1. The molecule has 1 amide bonds. The fourth-order valence-electron chi connectivity index (χ4n) is 3.39. The van der Waals surface area contributed by atoms with Crippen molar-refractivity contribution >= 4 is 11.6 Å². The van der Waals surface area contributed by atoms with E-state index in [0.717, 1.165) is 12.0 Å². The van der Waals surface area contributed by atoms with Crippen LogP contribution in [0.2, 0.25) is 0 Å². The number of halogens is 1. The van der Waals surface area contributed by atoms with Crippen molar-refractivity contribution in [2.24, 2.45) is 5.41 Å². The monoisotopic (exact) mass is 373 g/mol. The zero-order valence-corrected chi connectivity index (χ0v) is 15.5. The fraction of sp³-hybridized carbons (Fsp3) is 0.381. The van der Waals surface area contributed by atoms with Gasteiger partial charge in [0.25, 0.3) is 5.91 Å². The molecule has 3 N–H and O–H groups in total. The first kappa shape index (κ1) is 19.2. The summed E-state index contributed by atoms with van der Waals surface area (Å²) in [5.74, 6) is -0.197. The summed E-state index contributed by atoms with van der Waals surface area (Å²) in [6.45, 7) is 4.07. The van der Waals surface area contributed by atoms with Crippen LogP contribution in [0, 0.1) is 11.2 Å². The first-order valence-corrected chi connectivity index (χ1v) is 8.95. The lowest BCUT2D eigenvalue weighted by Crippen LogP contribution is -2.26. The molecule has 1 aliphatic heterocycles. The minimum atomic E-state index is -0.839. The number of aromatic hydroxyl groups is 1. The summed E-state index contributed by atoms with van der Waals surface area (Å²) < 4.78 is 18.5. The van der Waals surface area contributed by atoms with E-state index in [1.54, 1.807) is 12.1 Å². The quantitative estimate of drug-likeness (QED) is 0.717. The highest BCUT2D eigenvalue weighted by molar-refractivity contribution is 5.96. The number of rotatable bonds is 6. The molecule has 1 unspecified atom stereocenters. The van der Waals surface area contributed by atoms with Crippen LogP contribution >= 0.6 is 0 Å². The third-order valence-corrected chi connectivity index (χ3v) is 4.77. The zero-order valence-electron chi connectivity index (χ0n) is 15.5. The molecule has 0 aromatic heterocycles. The summed E-state index contributed by atoms with van der Waals surface area (Å²) in [4.78, 5) is 11.5. The Morgan fingerprint density at radius 2 is 1.96 bits per heavy atom. The van der Waals surface area contributed by atoms with Crippen molar-refractivity contribution in [3.8, 4) is 11.5 Å². The van der Waals surface area contributed by atoms with Crippen molar-refractivity contribution in [2.45, 2.75) is 39.2 Å². The number of phenolic OH excluding ortho intramolecular Hbond substituents is 1. The third kappa shape index (κ3) is 4.77. The van der Waals surface area contributed by atoms with Gasteiger partial charge in [-0.1, -0.05) is 26.0 Å². The Hall–Kier alpha value is -2.60. The molecule has 0 fully saturated rings. The first-order valence-electron chi connectivity index (χ1n) is 8.95. The van der Waals surface area contributed by atoms with E-state index in [4.69, 9.17) is 4.74 Å². The van der Waals surface area contributed by atoms with Gasteiger partial charge in [-0.2, -0.15) is 0 Å². The Labute approximate surface area is 157 Å². The standard InChI is InChI=1S/C21H24FNO4/c1-21(2,11-13-3-5-14(22)6-4-13)8-7-18(25)16-9-15(24)10-17-20(16)27-12-19(26)23-17/h3-6,9-10,18,24-25H,7-8,11-12H2,1-2H3,(H,23,26). The molecule has 2 aromatic rings. The van der Waals surface area contributed by atoms with Crippen LogP contribution < -0.4 is 10.1 Å². The molecule has 0 spiro atoms. The van der Waals surface area contributed by atoms with E-state index in [2.05, 4.69) is 19.2 Å². The molecule has 144 valence electrons. The minimum Gasteiger partial charge on any atom is -0.508 e. The number of ether oxygens (including phenoxy) is 1. The second-order valence-corrected chi connectivity index (χ2v) is 7.77. The maximum atomic E-state index is 13.1. The topological polar surface area (TPSA) is 78.8 Å². The maximum absolute atomic E-state index is 13.1. The van der Waals surface area contributed by atoms with Crippen LogP contribution in [0.5, 0.6) is 11.5 Å². The number of amides is 1. The van der Waals surface area contributed by atoms with Crippen LogP contribution in [0.25, 0.3) is 0 Å². The van der Waals surface area contributed by atoms with Gasteiger partial charge in [0.05, 0.1) is 11.8 Å². The van der Waals surface area contributed by atoms with Crippen molar-refractivity contribution in [3.05, 3.63) is 53.3 Å². The molecule has 1 atom stereocenters. The second-order valence-electron chi connectivity index (χ2n) is 7.77. The number of nitrogens with one attached hydrogen (secondary N) is 1. The van der Waals surface area contributed by atoms with Crippen LogP contribution in [-0.4, -0.2) is 22.7 Å². The number of anilines is 1. The predicted molar refractivity (Wildman–Crippen MR) is 100 cm³/mol. The van der Waals surface area contributed by atoms with Gasteiger partial charge in [-0.25, -0.2) is 4.39 Å². The number of aliphatic hydroxyl groups excluding tert-OH is 1. The molecule has 0 aliphatic carbocycles. The van der Waals surface area contributed by atoms with Crippen LogP contribution in [0.1, 0.15) is 43.9 Å². The molecule has 27 heavy (non-hydrogen) atoms. The van der Waals surface area contributed by atoms with Gasteiger partial charge in [-0.05, 0) is 48.4 Å². The van der Waals surface area contributed by atoms with Crippen LogP contribution in [0.4, 0.5) is 10.1 Å². The van der Waals surface area contributed by atoms with Gasteiger partial charge >= 0.3 is 0 Å². The van der Waals surface area contributed by atoms with E-state index < -0.39 is 6.10 Å². The van der Waals surface area contributed by atoms with Crippen molar-refractivity contribution in [3.63, 3.8) is 0 Å². The zero-order chi connectivity index (χ0) is 19.6. The molecule has 3 rings (SSSR count). The number of carbonyl (C=O) groups is 1. The molecule has 0 bridgehead atoms. The molecule has 0 saturated heterocycles. The summed E-state index contributed by atoms with van der Waals surface area (Å²) in [5.41, 5.74) is 1.76. The highest BCUT2D eigenvalue weighted by Gasteiger charge is 2.26. The van der Waals surface area contributed by atoms with Crippen molar-refractivity contribution in [2.75, 3.05) is 11.9 Å². The third-order valence-electron chi connectivity index (χ3n) is 4.77. The molecule has 0 saturated carbocycles. The van der Waals surface area contributed by atoms with Gasteiger partial charge in [-0.15, -0.1) is 0 Å². The van der Waals surface area contributed by atoms with Crippen LogP contribution in [-0.2, 0) is 11.2 Å². The number of carbonyl (C=O) groups excluding carboxylic acids is 1. The second kappa shape index (κ2) is 7.56. The maximum Gasteiger partial charge on any atom is 0.262 e. The van der Waals surface area contributed by atoms with E-state index in [9.17, 15) is 19.4 Å². The number of benzene rings is 2. The minimum absolute atomic E-state index is 0.0424. The van der Waals surface area contributed by atoms with Gasteiger partial charge in [0, 0.05) is 11.6 Å². The average Bonchev–Trinajstić information content (AvgIpc) is 2.60. The Balaban J connectivity index is 1.69. The summed E-state index contributed by atoms with van der Waals surface area (Å²) in [7, 11) is 0. The van der Waals surface area contributed by atoms with Crippen molar-refractivity contribution in [1.82, 2.24) is 0 Å². The van der Waals surface area contributed by atoms with E-state index in [1.165, 1.54) is 24.3 Å². The lowest BCUT2D eigenvalue weighted by Gasteiger charge is -2.28. The molecule has 1 heterocycles. The Kier molecular flexibility index (Phi) is 5.37. The Morgan fingerprint density at radius 1 is 1.26 bits per heavy atom. The van der Waals surface area contributed by atoms with E-state index in [1.807, 2.05) is 0 Å². The normalized spacial score (nSPS) is 14.9. The molecule has 1 aliphatic rings. The van der Waals surface area contributed by atoms with Gasteiger partial charge in [0.2, 0.25) is 0 Å². The average molecular weight is 373 g/mol. The van der Waals surface area contributed by atoms with E-state index in [0.29, 0.717) is 29.8 Å². The van der Waals surface area contributed by atoms with Crippen LogP contribution in [0.15, 0.2) is 36.4 Å². The summed E-state index contributed by atoms with van der Waals surface area (Å²) in [6, 6.07) is 9.32. The van der Waals surface area contributed by atoms with Gasteiger partial charge in [0.15, 0.2) is 6.61 Å². The number of phenols is 1. The largest absolute Gasteiger partial charge is 0.508 e. The molecule has 0 radical (unpaired) electrons. The number of aliphatic hydroxyl groups is 1. The van der Waals surface area contributed by atoms with Gasteiger partial charge < -0.3 is 20.3 Å². The lowest BCUT2D eigenvalue weighted by atomic mass is 9.80. The van der Waals surface area contributed by atoms with Crippen molar-refractivity contribution < 1.29 is 24.1 Å². The number of hydrogen-bond acceptors (Lipinski definition) is 4. The number of hydrogen-bond donors (Lipinski definition) is 3. The fourth-order valence-corrected chi connectivity index (χ4v) is 3.39. The smallest absolute Gasteiger partial charge is 0.262 e. The van der Waals surface area contributed by atoms with Gasteiger partial charge in [-0.3, -0.25) is 4.79 Å². The molecular formula is C21H24FNO4. The van der Waals surface area contributed by atoms with E-state index >= 15 is 0 Å². The highest BCUT2D eigenvalue weighted by atomic mass is 19.1. The Morgan fingerprint density at radius 3 is 2.67 bits per heavy atom. The molecule has 5 nitrogen and oxygen atoms in total. The predicted octanol–water partition coefficient (Wildman–Crippen LogP) is 3.94. The molecular weight excluding hydrogens is 349 g/mol. The summed E-state index contributed by atoms with van der Waals surface area (Å²) in [5, 5.41) is 23.2. The molecule has 2 aromatic carbocycles. The summed E-state index contributed by atoms with van der Waals surface area (Å²) >= 11 is 0. The van der Waals surface area contributed by atoms with E-state index in [-0.39, 0.29) is 29.5 Å². The van der Waals surface area contributed by atoms with Gasteiger partial charge in [0.1, 0.15) is 17.3 Å². The highest BCUT2D eigenvalue weighted by Crippen LogP contribution is 2.41. The van der Waals surface area contributed by atoms with Crippen LogP contribution in [0.3, 0.4) is 0 Å². The molecule has 6 heteroatoms. The number of fused-ring (bicyclic) bond motifs is 1. The lowest BCUT2D eigenvalue weighted by molar-refractivity contribution is -0.118. The Bertz CT molecular complexity index is 833. The van der Waals surface area contributed by atoms with Crippen molar-refractivity contribution in [1.29, 1.82) is 0 Å².